The van der Waals surface area contributed by atoms with Crippen LogP contribution in [0.1, 0.15) is 11.1 Å². The molecule has 0 aliphatic heterocycles. The van der Waals surface area contributed by atoms with Crippen LogP contribution in [0.5, 0.6) is 0 Å². The van der Waals surface area contributed by atoms with Crippen molar-refractivity contribution >= 4 is 56.7 Å². The van der Waals surface area contributed by atoms with Crippen molar-refractivity contribution in [2.24, 2.45) is 0 Å². The summed E-state index contributed by atoms with van der Waals surface area (Å²) in [6.07, 6.45) is 0.939. The van der Waals surface area contributed by atoms with E-state index in [9.17, 15) is 0 Å². The molecular formula is C25H21Br2P. The van der Waals surface area contributed by atoms with Crippen LogP contribution in [0.4, 0.5) is 0 Å². The van der Waals surface area contributed by atoms with Crippen LogP contribution in [0.2, 0.25) is 0 Å². The highest BCUT2D eigenvalue weighted by atomic mass is 79.9. The third-order valence-corrected chi connectivity index (χ3v) is 7.59. The van der Waals surface area contributed by atoms with E-state index < -0.39 is 7.92 Å². The van der Waals surface area contributed by atoms with Gasteiger partial charge >= 0.3 is 0 Å². The quantitative estimate of drug-likeness (QED) is 0.273. The standard InChI is InChI=1S/C25H20BrP.BrH/c26-22-12-9-10-20(19-22)18-21-11-7-8-17-25(21)27(23-13-3-1-4-14-23)24-15-5-2-6-16-24;/h1-17,19H,18H2;1H. The van der Waals surface area contributed by atoms with Gasteiger partial charge in [-0.15, -0.1) is 17.0 Å². The zero-order valence-electron chi connectivity index (χ0n) is 15.3. The summed E-state index contributed by atoms with van der Waals surface area (Å²) in [4.78, 5) is 0. The molecular weight excluding hydrogens is 491 g/mol. The Bertz CT molecular complexity index is 977. The second kappa shape index (κ2) is 10.2. The van der Waals surface area contributed by atoms with Crippen molar-refractivity contribution in [3.05, 3.63) is 125 Å². The van der Waals surface area contributed by atoms with Crippen LogP contribution in [0.3, 0.4) is 0 Å². The molecule has 0 saturated heterocycles. The lowest BCUT2D eigenvalue weighted by Crippen LogP contribution is -2.23. The molecule has 0 saturated carbocycles. The Morgan fingerprint density at radius 3 is 1.79 bits per heavy atom. The van der Waals surface area contributed by atoms with E-state index in [2.05, 4.69) is 125 Å². The summed E-state index contributed by atoms with van der Waals surface area (Å²) in [5, 5.41) is 4.21. The van der Waals surface area contributed by atoms with Gasteiger partial charge in [0.05, 0.1) is 0 Å². The maximum Gasteiger partial charge on any atom is 0.0178 e. The zero-order chi connectivity index (χ0) is 18.5. The third kappa shape index (κ3) is 5.00. The van der Waals surface area contributed by atoms with Gasteiger partial charge in [0.25, 0.3) is 0 Å². The normalized spacial score (nSPS) is 10.5. The summed E-state index contributed by atoms with van der Waals surface area (Å²) in [5.74, 6) is 0. The number of hydrogen-bond acceptors (Lipinski definition) is 0. The second-order valence-electron chi connectivity index (χ2n) is 6.44. The van der Waals surface area contributed by atoms with Crippen molar-refractivity contribution in [2.45, 2.75) is 6.42 Å². The van der Waals surface area contributed by atoms with Crippen molar-refractivity contribution in [3.8, 4) is 0 Å². The van der Waals surface area contributed by atoms with Crippen molar-refractivity contribution < 1.29 is 0 Å². The molecule has 0 aliphatic carbocycles. The van der Waals surface area contributed by atoms with Crippen LogP contribution in [0, 0.1) is 0 Å². The molecule has 0 aliphatic rings. The minimum Gasteiger partial charge on any atom is -0.114 e. The fourth-order valence-corrected chi connectivity index (χ4v) is 6.24. The largest absolute Gasteiger partial charge is 0.114 e. The maximum absolute atomic E-state index is 3.60. The Kier molecular flexibility index (Phi) is 7.62. The Morgan fingerprint density at radius 2 is 1.18 bits per heavy atom. The summed E-state index contributed by atoms with van der Waals surface area (Å²) in [6, 6.07) is 39.3. The minimum atomic E-state index is -0.582. The second-order valence-corrected chi connectivity index (χ2v) is 9.54. The van der Waals surface area contributed by atoms with E-state index in [4.69, 9.17) is 0 Å². The molecule has 0 unspecified atom stereocenters. The first kappa shape index (κ1) is 21.0. The van der Waals surface area contributed by atoms with Gasteiger partial charge in [-0.25, -0.2) is 0 Å². The van der Waals surface area contributed by atoms with E-state index in [0.717, 1.165) is 10.9 Å². The predicted octanol–water partition coefficient (Wildman–Crippen LogP) is 6.38. The van der Waals surface area contributed by atoms with Gasteiger partial charge in [0, 0.05) is 4.47 Å². The number of halogens is 2. The molecule has 0 heterocycles. The van der Waals surface area contributed by atoms with Crippen LogP contribution >= 0.6 is 40.8 Å². The van der Waals surface area contributed by atoms with Gasteiger partial charge in [0.15, 0.2) is 0 Å². The molecule has 4 aromatic rings. The average molecular weight is 512 g/mol. The summed E-state index contributed by atoms with van der Waals surface area (Å²) in [5.41, 5.74) is 2.72. The van der Waals surface area contributed by atoms with Crippen molar-refractivity contribution in [1.29, 1.82) is 0 Å². The van der Waals surface area contributed by atoms with Gasteiger partial charge in [0.1, 0.15) is 0 Å². The van der Waals surface area contributed by atoms with E-state index in [0.29, 0.717) is 0 Å². The summed E-state index contributed by atoms with van der Waals surface area (Å²) in [7, 11) is -0.582. The molecule has 4 rings (SSSR count). The van der Waals surface area contributed by atoms with Crippen LogP contribution in [0.15, 0.2) is 114 Å². The van der Waals surface area contributed by atoms with E-state index in [-0.39, 0.29) is 17.0 Å². The van der Waals surface area contributed by atoms with E-state index in [1.54, 1.807) is 0 Å². The van der Waals surface area contributed by atoms with Crippen LogP contribution in [0.25, 0.3) is 0 Å². The number of hydrogen-bond donors (Lipinski definition) is 0. The van der Waals surface area contributed by atoms with Crippen molar-refractivity contribution in [3.63, 3.8) is 0 Å². The lowest BCUT2D eigenvalue weighted by Gasteiger charge is -2.22. The molecule has 0 aromatic heterocycles. The molecule has 0 fully saturated rings. The first-order valence-electron chi connectivity index (χ1n) is 9.04. The first-order valence-corrected chi connectivity index (χ1v) is 11.2. The Balaban J connectivity index is 0.00000225. The first-order chi connectivity index (χ1) is 13.3. The Hall–Kier alpha value is -1.73. The molecule has 140 valence electrons. The fraction of sp³-hybridized carbons (Fsp3) is 0.0400. The van der Waals surface area contributed by atoms with E-state index >= 15 is 0 Å². The van der Waals surface area contributed by atoms with Crippen molar-refractivity contribution in [1.82, 2.24) is 0 Å². The van der Waals surface area contributed by atoms with Gasteiger partial charge < -0.3 is 0 Å². The average Bonchev–Trinajstić information content (AvgIpc) is 2.71. The fourth-order valence-electron chi connectivity index (χ4n) is 3.33. The molecule has 0 bridgehead atoms. The highest BCUT2D eigenvalue weighted by Gasteiger charge is 2.19. The smallest absolute Gasteiger partial charge is 0.0178 e. The zero-order valence-corrected chi connectivity index (χ0v) is 19.5. The Morgan fingerprint density at radius 1 is 0.607 bits per heavy atom. The van der Waals surface area contributed by atoms with E-state index in [1.807, 2.05) is 0 Å². The Labute approximate surface area is 187 Å². The molecule has 0 spiro atoms. The lowest BCUT2D eigenvalue weighted by molar-refractivity contribution is 1.20. The molecule has 4 aromatic carbocycles. The summed E-state index contributed by atoms with van der Waals surface area (Å²) >= 11 is 3.60. The maximum atomic E-state index is 3.60. The predicted molar refractivity (Wildman–Crippen MR) is 132 cm³/mol. The van der Waals surface area contributed by atoms with Gasteiger partial charge in [-0.1, -0.05) is 113 Å². The van der Waals surface area contributed by atoms with Crippen LogP contribution in [-0.4, -0.2) is 0 Å². The van der Waals surface area contributed by atoms with Gasteiger partial charge in [0.2, 0.25) is 0 Å². The molecule has 28 heavy (non-hydrogen) atoms. The van der Waals surface area contributed by atoms with Crippen LogP contribution in [-0.2, 0) is 6.42 Å². The van der Waals surface area contributed by atoms with E-state index in [1.165, 1.54) is 27.0 Å². The highest BCUT2D eigenvalue weighted by Crippen LogP contribution is 2.34. The number of benzene rings is 4. The topological polar surface area (TPSA) is 0 Å². The molecule has 3 heteroatoms. The summed E-state index contributed by atoms with van der Waals surface area (Å²) in [6.45, 7) is 0. The molecule has 0 amide bonds. The minimum absolute atomic E-state index is 0. The third-order valence-electron chi connectivity index (χ3n) is 4.54. The SMILES string of the molecule is Br.Brc1cccc(Cc2ccccc2P(c2ccccc2)c2ccccc2)c1. The highest BCUT2D eigenvalue weighted by molar-refractivity contribution is 9.10. The van der Waals surface area contributed by atoms with Gasteiger partial charge in [-0.05, 0) is 53.5 Å². The molecule has 0 radical (unpaired) electrons. The molecule has 0 nitrogen and oxygen atoms in total. The summed E-state index contributed by atoms with van der Waals surface area (Å²) < 4.78 is 1.13. The molecule has 0 atom stereocenters. The van der Waals surface area contributed by atoms with Crippen LogP contribution < -0.4 is 15.9 Å². The monoisotopic (exact) mass is 510 g/mol. The van der Waals surface area contributed by atoms with Gasteiger partial charge in [-0.3, -0.25) is 0 Å². The van der Waals surface area contributed by atoms with Gasteiger partial charge in [-0.2, -0.15) is 0 Å². The molecule has 0 N–H and O–H groups in total. The van der Waals surface area contributed by atoms with Crippen molar-refractivity contribution in [2.75, 3.05) is 0 Å². The number of rotatable bonds is 5. The lowest BCUT2D eigenvalue weighted by atomic mass is 10.1.